The van der Waals surface area contributed by atoms with Crippen LogP contribution in [0.2, 0.25) is 0 Å². The monoisotopic (exact) mass is 281 g/mol. The summed E-state index contributed by atoms with van der Waals surface area (Å²) in [6, 6.07) is 1.48. The molecule has 2 rings (SSSR count). The molecule has 0 aromatic rings. The van der Waals surface area contributed by atoms with Gasteiger partial charge in [-0.05, 0) is 31.7 Å². The summed E-state index contributed by atoms with van der Waals surface area (Å²) in [5, 5.41) is 3.89. The van der Waals surface area contributed by atoms with E-state index in [1.54, 1.807) is 0 Å². The fraction of sp³-hybridized carbons (Fsp3) is 1.00. The summed E-state index contributed by atoms with van der Waals surface area (Å²) in [6.07, 6.45) is 5.62. The Morgan fingerprint density at radius 1 is 1.10 bits per heavy atom. The zero-order chi connectivity index (χ0) is 14.5. The Morgan fingerprint density at radius 2 is 1.80 bits per heavy atom. The van der Waals surface area contributed by atoms with E-state index in [-0.39, 0.29) is 0 Å². The molecule has 118 valence electrons. The molecule has 0 aromatic heterocycles. The van der Waals surface area contributed by atoms with Crippen LogP contribution >= 0.6 is 0 Å². The van der Waals surface area contributed by atoms with Gasteiger partial charge in [-0.25, -0.2) is 0 Å². The highest BCUT2D eigenvalue weighted by Gasteiger charge is 2.26. The number of hydrogen-bond acceptors (Lipinski definition) is 3. The largest absolute Gasteiger partial charge is 0.312 e. The zero-order valence-corrected chi connectivity index (χ0v) is 14.1. The van der Waals surface area contributed by atoms with Crippen molar-refractivity contribution in [3.05, 3.63) is 0 Å². The van der Waals surface area contributed by atoms with E-state index < -0.39 is 0 Å². The second kappa shape index (κ2) is 7.77. The molecule has 20 heavy (non-hydrogen) atoms. The Balaban J connectivity index is 1.80. The lowest BCUT2D eigenvalue weighted by atomic mass is 9.87. The summed E-state index contributed by atoms with van der Waals surface area (Å²) in [5.41, 5.74) is 0. The van der Waals surface area contributed by atoms with E-state index in [9.17, 15) is 0 Å². The van der Waals surface area contributed by atoms with Crippen molar-refractivity contribution in [3.8, 4) is 0 Å². The zero-order valence-electron chi connectivity index (χ0n) is 14.1. The lowest BCUT2D eigenvalue weighted by molar-refractivity contribution is 0.0843. The molecular formula is C17H35N3. The summed E-state index contributed by atoms with van der Waals surface area (Å²) < 4.78 is 0. The second-order valence-corrected chi connectivity index (χ2v) is 7.53. The smallest absolute Gasteiger partial charge is 0.0244 e. The third kappa shape index (κ3) is 4.71. The number of piperazine rings is 1. The van der Waals surface area contributed by atoms with E-state index in [1.165, 1.54) is 58.4 Å². The molecule has 1 aliphatic heterocycles. The second-order valence-electron chi connectivity index (χ2n) is 7.53. The number of rotatable bonds is 5. The van der Waals surface area contributed by atoms with Gasteiger partial charge in [0.2, 0.25) is 0 Å². The third-order valence-electron chi connectivity index (χ3n) is 5.33. The molecule has 3 atom stereocenters. The minimum Gasteiger partial charge on any atom is -0.312 e. The lowest BCUT2D eigenvalue weighted by Gasteiger charge is -2.41. The molecule has 3 unspecified atom stereocenters. The topological polar surface area (TPSA) is 18.5 Å². The van der Waals surface area contributed by atoms with Crippen molar-refractivity contribution >= 4 is 0 Å². The van der Waals surface area contributed by atoms with E-state index in [0.717, 1.165) is 17.9 Å². The Bertz CT molecular complexity index is 271. The van der Waals surface area contributed by atoms with Gasteiger partial charge in [0.15, 0.2) is 0 Å². The molecule has 0 bridgehead atoms. The van der Waals surface area contributed by atoms with Crippen molar-refractivity contribution in [3.63, 3.8) is 0 Å². The summed E-state index contributed by atoms with van der Waals surface area (Å²) in [7, 11) is 2.24. The molecule has 0 radical (unpaired) electrons. The first-order chi connectivity index (χ1) is 9.56. The maximum absolute atomic E-state index is 3.89. The Labute approximate surface area is 126 Å². The van der Waals surface area contributed by atoms with Gasteiger partial charge in [0.05, 0.1) is 0 Å². The molecule has 2 aliphatic rings. The van der Waals surface area contributed by atoms with Crippen LogP contribution in [0.15, 0.2) is 0 Å². The predicted octanol–water partition coefficient (Wildman–Crippen LogP) is 2.43. The van der Waals surface area contributed by atoms with Crippen LogP contribution in [0, 0.1) is 11.8 Å². The van der Waals surface area contributed by atoms with Gasteiger partial charge in [0, 0.05) is 44.8 Å². The number of likely N-dealkylation sites (N-methyl/N-ethyl adjacent to an activating group) is 1. The number of hydrogen-bond donors (Lipinski definition) is 1. The SMILES string of the molecule is CC1CCCC(NCC(C(C)C)N2CCN(C)CC2)C1. The first-order valence-electron chi connectivity index (χ1n) is 8.72. The van der Waals surface area contributed by atoms with E-state index in [2.05, 4.69) is 42.9 Å². The third-order valence-corrected chi connectivity index (χ3v) is 5.33. The van der Waals surface area contributed by atoms with E-state index >= 15 is 0 Å². The van der Waals surface area contributed by atoms with Crippen molar-refractivity contribution in [1.82, 2.24) is 15.1 Å². The van der Waals surface area contributed by atoms with E-state index in [4.69, 9.17) is 0 Å². The molecule has 0 aromatic carbocycles. The van der Waals surface area contributed by atoms with E-state index in [1.807, 2.05) is 0 Å². The summed E-state index contributed by atoms with van der Waals surface area (Å²) >= 11 is 0. The molecule has 1 aliphatic carbocycles. The standard InChI is InChI=1S/C17H35N3/c1-14(2)17(20-10-8-19(4)9-11-20)13-18-16-7-5-6-15(3)12-16/h14-18H,5-13H2,1-4H3. The highest BCUT2D eigenvalue weighted by Crippen LogP contribution is 2.24. The molecule has 3 nitrogen and oxygen atoms in total. The first kappa shape index (κ1) is 16.3. The average molecular weight is 281 g/mol. The van der Waals surface area contributed by atoms with Gasteiger partial charge in [-0.1, -0.05) is 33.6 Å². The van der Waals surface area contributed by atoms with Gasteiger partial charge in [0.1, 0.15) is 0 Å². The highest BCUT2D eigenvalue weighted by molar-refractivity contribution is 4.84. The van der Waals surface area contributed by atoms with Crippen LogP contribution in [-0.2, 0) is 0 Å². The first-order valence-corrected chi connectivity index (χ1v) is 8.72. The van der Waals surface area contributed by atoms with Crippen LogP contribution in [0.3, 0.4) is 0 Å². The van der Waals surface area contributed by atoms with Crippen molar-refractivity contribution in [2.45, 2.75) is 58.5 Å². The van der Waals surface area contributed by atoms with Crippen molar-refractivity contribution < 1.29 is 0 Å². The molecule has 0 spiro atoms. The van der Waals surface area contributed by atoms with Gasteiger partial charge >= 0.3 is 0 Å². The molecule has 1 saturated heterocycles. The normalized spacial score (nSPS) is 31.6. The summed E-state index contributed by atoms with van der Waals surface area (Å²) in [5.74, 6) is 1.66. The summed E-state index contributed by atoms with van der Waals surface area (Å²) in [6.45, 7) is 13.3. The summed E-state index contributed by atoms with van der Waals surface area (Å²) in [4.78, 5) is 5.16. The van der Waals surface area contributed by atoms with Crippen LogP contribution in [0.1, 0.15) is 46.5 Å². The van der Waals surface area contributed by atoms with Gasteiger partial charge in [-0.15, -0.1) is 0 Å². The van der Waals surface area contributed by atoms with Crippen LogP contribution < -0.4 is 5.32 Å². The molecule has 1 saturated carbocycles. The number of nitrogens with zero attached hydrogens (tertiary/aromatic N) is 2. The Kier molecular flexibility index (Phi) is 6.31. The molecule has 0 amide bonds. The van der Waals surface area contributed by atoms with Crippen LogP contribution in [0.4, 0.5) is 0 Å². The van der Waals surface area contributed by atoms with Crippen molar-refractivity contribution in [1.29, 1.82) is 0 Å². The Morgan fingerprint density at radius 3 is 2.40 bits per heavy atom. The van der Waals surface area contributed by atoms with Crippen LogP contribution in [0.25, 0.3) is 0 Å². The van der Waals surface area contributed by atoms with Gasteiger partial charge in [-0.2, -0.15) is 0 Å². The van der Waals surface area contributed by atoms with E-state index in [0.29, 0.717) is 6.04 Å². The minimum atomic E-state index is 0.709. The average Bonchev–Trinajstić information content (AvgIpc) is 2.41. The molecule has 1 N–H and O–H groups in total. The van der Waals surface area contributed by atoms with Gasteiger partial charge in [0.25, 0.3) is 0 Å². The molecular weight excluding hydrogens is 246 g/mol. The van der Waals surface area contributed by atoms with Gasteiger partial charge in [-0.3, -0.25) is 4.90 Å². The maximum Gasteiger partial charge on any atom is 0.0244 e. The fourth-order valence-corrected chi connectivity index (χ4v) is 3.85. The van der Waals surface area contributed by atoms with Crippen LogP contribution in [0.5, 0.6) is 0 Å². The molecule has 2 fully saturated rings. The molecule has 1 heterocycles. The van der Waals surface area contributed by atoms with Crippen LogP contribution in [-0.4, -0.2) is 61.7 Å². The quantitative estimate of drug-likeness (QED) is 0.835. The van der Waals surface area contributed by atoms with Crippen molar-refractivity contribution in [2.24, 2.45) is 11.8 Å². The van der Waals surface area contributed by atoms with Gasteiger partial charge < -0.3 is 10.2 Å². The lowest BCUT2D eigenvalue weighted by Crippen LogP contribution is -2.54. The highest BCUT2D eigenvalue weighted by atomic mass is 15.3. The van der Waals surface area contributed by atoms with Crippen molar-refractivity contribution in [2.75, 3.05) is 39.8 Å². The molecule has 3 heteroatoms. The number of nitrogens with one attached hydrogen (secondary N) is 1. The minimum absolute atomic E-state index is 0.709. The fourth-order valence-electron chi connectivity index (χ4n) is 3.85. The maximum atomic E-state index is 3.89. The predicted molar refractivity (Wildman–Crippen MR) is 87.1 cm³/mol. The Hall–Kier alpha value is -0.120.